The number of nitrogens with zero attached hydrogens (tertiary/aromatic N) is 4. The number of benzene rings is 1. The van der Waals surface area contributed by atoms with E-state index in [9.17, 15) is 4.79 Å². The molecule has 1 aromatic heterocycles. The SMILES string of the molecule is CN(C)c1ccc(CCC(=O)N2CCC[C@H](c3ccn(CCO)n3)C2)cc1. The minimum atomic E-state index is 0.0892. The second-order valence-corrected chi connectivity index (χ2v) is 7.47. The Morgan fingerprint density at radius 1 is 1.26 bits per heavy atom. The van der Waals surface area contributed by atoms with Gasteiger partial charge in [-0.25, -0.2) is 0 Å². The molecular formula is C21H30N4O2. The van der Waals surface area contributed by atoms with E-state index in [0.29, 0.717) is 18.9 Å². The van der Waals surface area contributed by atoms with Gasteiger partial charge in [0.1, 0.15) is 0 Å². The van der Waals surface area contributed by atoms with Crippen LogP contribution in [0.4, 0.5) is 5.69 Å². The lowest BCUT2D eigenvalue weighted by molar-refractivity contribution is -0.132. The van der Waals surface area contributed by atoms with Crippen molar-refractivity contribution in [3.05, 3.63) is 47.8 Å². The first-order valence-electron chi connectivity index (χ1n) is 9.75. The minimum absolute atomic E-state index is 0.0892. The summed E-state index contributed by atoms with van der Waals surface area (Å²) in [6.45, 7) is 2.19. The average molecular weight is 370 g/mol. The molecule has 0 aliphatic carbocycles. The molecule has 1 fully saturated rings. The number of hydrogen-bond acceptors (Lipinski definition) is 4. The van der Waals surface area contributed by atoms with Crippen LogP contribution in [0.1, 0.15) is 36.4 Å². The van der Waals surface area contributed by atoms with E-state index >= 15 is 0 Å². The Kier molecular flexibility index (Phi) is 6.50. The number of aromatic nitrogens is 2. The topological polar surface area (TPSA) is 61.6 Å². The fourth-order valence-corrected chi connectivity index (χ4v) is 3.64. The summed E-state index contributed by atoms with van der Waals surface area (Å²) in [5.41, 5.74) is 3.40. The van der Waals surface area contributed by atoms with Gasteiger partial charge in [0.05, 0.1) is 18.8 Å². The molecule has 1 atom stereocenters. The number of rotatable bonds is 7. The highest BCUT2D eigenvalue weighted by Gasteiger charge is 2.26. The van der Waals surface area contributed by atoms with E-state index in [2.05, 4.69) is 34.3 Å². The first-order chi connectivity index (χ1) is 13.1. The zero-order valence-electron chi connectivity index (χ0n) is 16.3. The van der Waals surface area contributed by atoms with E-state index in [0.717, 1.165) is 38.0 Å². The maximum absolute atomic E-state index is 12.7. The molecule has 6 nitrogen and oxygen atoms in total. The van der Waals surface area contributed by atoms with Crippen LogP contribution in [-0.4, -0.2) is 59.5 Å². The number of amides is 1. The van der Waals surface area contributed by atoms with Crippen LogP contribution in [0.5, 0.6) is 0 Å². The predicted molar refractivity (Wildman–Crippen MR) is 107 cm³/mol. The molecule has 1 aliphatic heterocycles. The molecule has 0 radical (unpaired) electrons. The van der Waals surface area contributed by atoms with E-state index < -0.39 is 0 Å². The number of likely N-dealkylation sites (tertiary alicyclic amines) is 1. The number of aliphatic hydroxyl groups excluding tert-OH is 1. The highest BCUT2D eigenvalue weighted by atomic mass is 16.3. The van der Waals surface area contributed by atoms with Gasteiger partial charge in [0.15, 0.2) is 0 Å². The molecule has 27 heavy (non-hydrogen) atoms. The summed E-state index contributed by atoms with van der Waals surface area (Å²) in [5.74, 6) is 0.521. The zero-order valence-corrected chi connectivity index (χ0v) is 16.3. The van der Waals surface area contributed by atoms with Gasteiger partial charge in [0.2, 0.25) is 5.91 Å². The number of aryl methyl sites for hydroxylation is 1. The highest BCUT2D eigenvalue weighted by Crippen LogP contribution is 2.26. The van der Waals surface area contributed by atoms with Crippen molar-refractivity contribution in [2.45, 2.75) is 38.1 Å². The fourth-order valence-electron chi connectivity index (χ4n) is 3.64. The van der Waals surface area contributed by atoms with Gasteiger partial charge in [-0.2, -0.15) is 5.10 Å². The van der Waals surface area contributed by atoms with E-state index in [1.54, 1.807) is 4.68 Å². The van der Waals surface area contributed by atoms with Crippen LogP contribution in [-0.2, 0) is 17.8 Å². The van der Waals surface area contributed by atoms with Gasteiger partial charge in [-0.05, 0) is 43.0 Å². The summed E-state index contributed by atoms with van der Waals surface area (Å²) < 4.78 is 1.77. The summed E-state index contributed by atoms with van der Waals surface area (Å²) >= 11 is 0. The van der Waals surface area contributed by atoms with Gasteiger partial charge >= 0.3 is 0 Å². The van der Waals surface area contributed by atoms with Crippen molar-refractivity contribution in [2.75, 3.05) is 38.7 Å². The largest absolute Gasteiger partial charge is 0.394 e. The van der Waals surface area contributed by atoms with Crippen LogP contribution in [0.25, 0.3) is 0 Å². The summed E-state index contributed by atoms with van der Waals surface area (Å²) in [6.07, 6.45) is 5.31. The van der Waals surface area contributed by atoms with Gasteiger partial charge in [-0.3, -0.25) is 9.48 Å². The standard InChI is InChI=1S/C21H30N4O2/c1-23(2)19-8-5-17(6-9-19)7-10-21(27)24-12-3-4-18(16-24)20-11-13-25(22-20)14-15-26/h5-6,8-9,11,13,18,26H,3-4,7,10,12,14-16H2,1-2H3/t18-/m0/s1. The lowest BCUT2D eigenvalue weighted by atomic mass is 9.94. The number of aliphatic hydroxyl groups is 1. The molecule has 1 N–H and O–H groups in total. The lowest BCUT2D eigenvalue weighted by Crippen LogP contribution is -2.39. The summed E-state index contributed by atoms with van der Waals surface area (Å²) in [4.78, 5) is 16.8. The molecule has 0 unspecified atom stereocenters. The normalized spacial score (nSPS) is 17.1. The molecule has 6 heteroatoms. The first kappa shape index (κ1) is 19.4. The maximum Gasteiger partial charge on any atom is 0.222 e. The van der Waals surface area contributed by atoms with E-state index in [4.69, 9.17) is 5.11 Å². The number of anilines is 1. The van der Waals surface area contributed by atoms with Crippen LogP contribution in [0.3, 0.4) is 0 Å². The second-order valence-electron chi connectivity index (χ2n) is 7.47. The molecule has 1 aromatic carbocycles. The van der Waals surface area contributed by atoms with Crippen LogP contribution >= 0.6 is 0 Å². The smallest absolute Gasteiger partial charge is 0.222 e. The second kappa shape index (κ2) is 9.04. The van der Waals surface area contributed by atoms with Gasteiger partial charge < -0.3 is 14.9 Å². The van der Waals surface area contributed by atoms with Gasteiger partial charge in [0.25, 0.3) is 0 Å². The summed E-state index contributed by atoms with van der Waals surface area (Å²) in [7, 11) is 4.05. The molecule has 1 amide bonds. The number of carbonyl (C=O) groups excluding carboxylic acids is 1. The Morgan fingerprint density at radius 2 is 2.04 bits per heavy atom. The Morgan fingerprint density at radius 3 is 2.74 bits per heavy atom. The van der Waals surface area contributed by atoms with Crippen molar-refractivity contribution in [3.8, 4) is 0 Å². The van der Waals surface area contributed by atoms with Gasteiger partial charge in [-0.15, -0.1) is 0 Å². The van der Waals surface area contributed by atoms with Crippen molar-refractivity contribution >= 4 is 11.6 Å². The molecule has 1 saturated heterocycles. The Labute approximate surface area is 161 Å². The zero-order chi connectivity index (χ0) is 19.2. The van der Waals surface area contributed by atoms with Gasteiger partial charge in [-0.1, -0.05) is 12.1 Å². The third-order valence-electron chi connectivity index (χ3n) is 5.26. The summed E-state index contributed by atoms with van der Waals surface area (Å²) in [6, 6.07) is 10.4. The quantitative estimate of drug-likeness (QED) is 0.812. The summed E-state index contributed by atoms with van der Waals surface area (Å²) in [5, 5.41) is 13.6. The number of piperidine rings is 1. The highest BCUT2D eigenvalue weighted by molar-refractivity contribution is 5.76. The van der Waals surface area contributed by atoms with E-state index in [1.165, 1.54) is 11.3 Å². The molecule has 0 saturated carbocycles. The third kappa shape index (κ3) is 5.10. The minimum Gasteiger partial charge on any atom is -0.394 e. The van der Waals surface area contributed by atoms with Crippen LogP contribution < -0.4 is 4.90 Å². The molecule has 2 heterocycles. The molecule has 3 rings (SSSR count). The van der Waals surface area contributed by atoms with Crippen LogP contribution in [0, 0.1) is 0 Å². The first-order valence-corrected chi connectivity index (χ1v) is 9.75. The lowest BCUT2D eigenvalue weighted by Gasteiger charge is -2.32. The Hall–Kier alpha value is -2.34. The molecule has 0 spiro atoms. The maximum atomic E-state index is 12.7. The van der Waals surface area contributed by atoms with E-state index in [1.807, 2.05) is 31.3 Å². The molecular weight excluding hydrogens is 340 g/mol. The number of carbonyl (C=O) groups is 1. The Balaban J connectivity index is 1.53. The Bertz CT molecular complexity index is 739. The van der Waals surface area contributed by atoms with Crippen LogP contribution in [0.2, 0.25) is 0 Å². The van der Waals surface area contributed by atoms with Crippen molar-refractivity contribution in [3.63, 3.8) is 0 Å². The molecule has 0 bridgehead atoms. The molecule has 1 aliphatic rings. The monoisotopic (exact) mass is 370 g/mol. The van der Waals surface area contributed by atoms with Crippen molar-refractivity contribution in [2.24, 2.45) is 0 Å². The van der Waals surface area contributed by atoms with Crippen molar-refractivity contribution in [1.82, 2.24) is 14.7 Å². The third-order valence-corrected chi connectivity index (χ3v) is 5.26. The molecule has 146 valence electrons. The van der Waals surface area contributed by atoms with E-state index in [-0.39, 0.29) is 12.5 Å². The fraction of sp³-hybridized carbons (Fsp3) is 0.524. The number of hydrogen-bond donors (Lipinski definition) is 1. The van der Waals surface area contributed by atoms with Crippen LogP contribution in [0.15, 0.2) is 36.5 Å². The van der Waals surface area contributed by atoms with Gasteiger partial charge in [0, 0.05) is 51.4 Å². The predicted octanol–water partition coefficient (Wildman–Crippen LogP) is 2.28. The molecule has 2 aromatic rings. The van der Waals surface area contributed by atoms with Crippen molar-refractivity contribution < 1.29 is 9.90 Å². The average Bonchev–Trinajstić information content (AvgIpc) is 3.15. The van der Waals surface area contributed by atoms with Crippen molar-refractivity contribution in [1.29, 1.82) is 0 Å².